The van der Waals surface area contributed by atoms with Crippen molar-refractivity contribution in [3.63, 3.8) is 0 Å². The maximum atomic E-state index is 12.5. The summed E-state index contributed by atoms with van der Waals surface area (Å²) in [6, 6.07) is 6.11. The first-order valence-electron chi connectivity index (χ1n) is 8.54. The number of amides is 2. The fraction of sp³-hybridized carbons (Fsp3) is 0.588. The van der Waals surface area contributed by atoms with Crippen LogP contribution in [0.1, 0.15) is 45.4 Å². The molecule has 0 unspecified atom stereocenters. The monoisotopic (exact) mass is 372 g/mol. The van der Waals surface area contributed by atoms with E-state index in [0.29, 0.717) is 18.8 Å². The molecule has 1 fully saturated rings. The lowest BCUT2D eigenvalue weighted by molar-refractivity contribution is 0.219. The second kappa shape index (κ2) is 8.72. The van der Waals surface area contributed by atoms with Crippen LogP contribution in [0.5, 0.6) is 0 Å². The maximum absolute atomic E-state index is 12.5. The van der Waals surface area contributed by atoms with Crippen molar-refractivity contribution in [2.75, 3.05) is 24.5 Å². The van der Waals surface area contributed by atoms with Gasteiger partial charge < -0.3 is 4.90 Å². The van der Waals surface area contributed by atoms with E-state index in [-0.39, 0.29) is 10.9 Å². The lowest BCUT2D eigenvalue weighted by Crippen LogP contribution is -2.32. The third-order valence-electron chi connectivity index (χ3n) is 4.31. The number of unbranched alkanes of at least 4 members (excludes halogenated alkanes) is 5. The Morgan fingerprint density at radius 3 is 2.25 bits per heavy atom. The molecule has 7 heteroatoms. The molecule has 0 saturated carbocycles. The molecule has 1 aliphatic rings. The number of hydrogen-bond acceptors (Lipinski definition) is 3. The Kier molecular flexibility index (Phi) is 6.92. The van der Waals surface area contributed by atoms with E-state index in [1.807, 2.05) is 4.90 Å². The molecule has 2 amide bonds. The first-order valence-corrected chi connectivity index (χ1v) is 10.9. The molecule has 0 aromatic heterocycles. The number of urea groups is 1. The minimum atomic E-state index is -3.73. The Hall–Kier alpha value is -1.27. The Bertz CT molecular complexity index is 646. The zero-order valence-electron chi connectivity index (χ0n) is 14.1. The summed E-state index contributed by atoms with van der Waals surface area (Å²) in [5.41, 5.74) is 0.703. The first kappa shape index (κ1) is 19.1. The van der Waals surface area contributed by atoms with Crippen molar-refractivity contribution in [1.29, 1.82) is 0 Å². The molecule has 1 saturated heterocycles. The molecule has 134 valence electrons. The molecule has 0 atom stereocenters. The molecule has 5 nitrogen and oxygen atoms in total. The predicted octanol–water partition coefficient (Wildman–Crippen LogP) is 4.22. The predicted molar refractivity (Wildman–Crippen MR) is 97.2 cm³/mol. The largest absolute Gasteiger partial charge is 0.324 e. The molecule has 0 bridgehead atoms. The topological polar surface area (TPSA) is 57.7 Å². The van der Waals surface area contributed by atoms with Crippen LogP contribution in [0.4, 0.5) is 10.5 Å². The van der Waals surface area contributed by atoms with Crippen molar-refractivity contribution in [3.8, 4) is 0 Å². The third-order valence-corrected chi connectivity index (χ3v) is 5.68. The number of benzene rings is 1. The highest BCUT2D eigenvalue weighted by Gasteiger charge is 2.29. The molecule has 24 heavy (non-hydrogen) atoms. The van der Waals surface area contributed by atoms with Gasteiger partial charge in [-0.3, -0.25) is 4.90 Å². The summed E-state index contributed by atoms with van der Waals surface area (Å²) in [7, 11) is 1.58. The molecule has 2 rings (SSSR count). The van der Waals surface area contributed by atoms with Gasteiger partial charge in [0.1, 0.15) is 0 Å². The van der Waals surface area contributed by atoms with Gasteiger partial charge in [-0.2, -0.15) is 0 Å². The number of hydrogen-bond donors (Lipinski definition) is 0. The van der Waals surface area contributed by atoms with Crippen LogP contribution in [-0.2, 0) is 9.05 Å². The van der Waals surface area contributed by atoms with E-state index >= 15 is 0 Å². The smallest absolute Gasteiger partial charge is 0.323 e. The Balaban J connectivity index is 1.85. The molecular weight excluding hydrogens is 348 g/mol. The van der Waals surface area contributed by atoms with Crippen LogP contribution in [0, 0.1) is 0 Å². The quantitative estimate of drug-likeness (QED) is 0.481. The summed E-state index contributed by atoms with van der Waals surface area (Å²) in [4.78, 5) is 16.1. The molecule has 0 aliphatic carbocycles. The summed E-state index contributed by atoms with van der Waals surface area (Å²) in [5.74, 6) is 0. The average Bonchev–Trinajstić information content (AvgIpc) is 2.91. The van der Waals surface area contributed by atoms with Gasteiger partial charge in [0.2, 0.25) is 0 Å². The van der Waals surface area contributed by atoms with E-state index < -0.39 is 9.05 Å². The van der Waals surface area contributed by atoms with Crippen molar-refractivity contribution in [2.24, 2.45) is 0 Å². The van der Waals surface area contributed by atoms with Crippen molar-refractivity contribution >= 4 is 31.5 Å². The van der Waals surface area contributed by atoms with E-state index in [4.69, 9.17) is 10.7 Å². The minimum Gasteiger partial charge on any atom is -0.323 e. The lowest BCUT2D eigenvalue weighted by Gasteiger charge is -2.18. The summed E-state index contributed by atoms with van der Waals surface area (Å²) < 4.78 is 22.5. The number of anilines is 1. The number of nitrogens with zero attached hydrogens (tertiary/aromatic N) is 2. The molecule has 0 spiro atoms. The summed E-state index contributed by atoms with van der Waals surface area (Å²) in [5, 5.41) is 0. The van der Waals surface area contributed by atoms with Gasteiger partial charge in [-0.1, -0.05) is 39.0 Å². The zero-order valence-corrected chi connectivity index (χ0v) is 15.7. The van der Waals surface area contributed by atoms with Gasteiger partial charge in [-0.15, -0.1) is 0 Å². The van der Waals surface area contributed by atoms with Crippen LogP contribution in [0.15, 0.2) is 29.2 Å². The Labute approximate surface area is 149 Å². The van der Waals surface area contributed by atoms with Gasteiger partial charge >= 0.3 is 6.03 Å². The summed E-state index contributed by atoms with van der Waals surface area (Å²) >= 11 is 0. The molecule has 1 heterocycles. The standard InChI is InChI=1S/C17H25ClN2O3S/c1-2-3-4-5-6-7-12-19-13-14-20(17(19)21)15-8-10-16(11-9-15)24(18,22)23/h8-11H,2-7,12-14H2,1H3. The van der Waals surface area contributed by atoms with E-state index in [0.717, 1.165) is 19.4 Å². The van der Waals surface area contributed by atoms with Gasteiger partial charge in [0.05, 0.1) is 4.90 Å². The highest BCUT2D eigenvalue weighted by molar-refractivity contribution is 8.13. The second-order valence-electron chi connectivity index (χ2n) is 6.12. The van der Waals surface area contributed by atoms with Gasteiger partial charge in [-0.05, 0) is 30.7 Å². The third kappa shape index (κ3) is 5.11. The SMILES string of the molecule is CCCCCCCCN1CCN(c2ccc(S(=O)(=O)Cl)cc2)C1=O. The van der Waals surface area contributed by atoms with Crippen molar-refractivity contribution in [3.05, 3.63) is 24.3 Å². The van der Waals surface area contributed by atoms with Crippen LogP contribution < -0.4 is 4.90 Å². The van der Waals surface area contributed by atoms with Gasteiger partial charge in [-0.25, -0.2) is 13.2 Å². The van der Waals surface area contributed by atoms with Crippen molar-refractivity contribution in [1.82, 2.24) is 4.90 Å². The van der Waals surface area contributed by atoms with E-state index in [2.05, 4.69) is 6.92 Å². The number of halogens is 1. The molecule has 0 N–H and O–H groups in total. The van der Waals surface area contributed by atoms with Gasteiger partial charge in [0.25, 0.3) is 9.05 Å². The van der Waals surface area contributed by atoms with Gasteiger partial charge in [0, 0.05) is 36.0 Å². The van der Waals surface area contributed by atoms with Crippen LogP contribution in [0.2, 0.25) is 0 Å². The number of carbonyl (C=O) groups excluding carboxylic acids is 1. The minimum absolute atomic E-state index is 0.00922. The first-order chi connectivity index (χ1) is 11.4. The molecule has 1 aromatic rings. The fourth-order valence-corrected chi connectivity index (χ4v) is 3.67. The molecule has 1 aromatic carbocycles. The zero-order chi connectivity index (χ0) is 17.6. The Morgan fingerprint density at radius 2 is 1.62 bits per heavy atom. The number of carbonyl (C=O) groups is 1. The van der Waals surface area contributed by atoms with E-state index in [1.165, 1.54) is 37.8 Å². The summed E-state index contributed by atoms with van der Waals surface area (Å²) in [6.45, 7) is 4.33. The van der Waals surface area contributed by atoms with Crippen LogP contribution in [0.25, 0.3) is 0 Å². The second-order valence-corrected chi connectivity index (χ2v) is 8.69. The highest BCUT2D eigenvalue weighted by atomic mass is 35.7. The van der Waals surface area contributed by atoms with Gasteiger partial charge in [0.15, 0.2) is 0 Å². The molecule has 0 radical (unpaired) electrons. The maximum Gasteiger partial charge on any atom is 0.324 e. The summed E-state index contributed by atoms with van der Waals surface area (Å²) in [6.07, 6.45) is 7.22. The Morgan fingerprint density at radius 1 is 1.00 bits per heavy atom. The van der Waals surface area contributed by atoms with E-state index in [1.54, 1.807) is 17.0 Å². The van der Waals surface area contributed by atoms with Crippen LogP contribution >= 0.6 is 10.7 Å². The average molecular weight is 373 g/mol. The van der Waals surface area contributed by atoms with Crippen molar-refractivity contribution < 1.29 is 13.2 Å². The number of rotatable bonds is 9. The lowest BCUT2D eigenvalue weighted by atomic mass is 10.1. The normalized spacial score (nSPS) is 15.3. The highest BCUT2D eigenvalue weighted by Crippen LogP contribution is 2.24. The van der Waals surface area contributed by atoms with Crippen molar-refractivity contribution in [2.45, 2.75) is 50.3 Å². The molecular formula is C17H25ClN2O3S. The van der Waals surface area contributed by atoms with E-state index in [9.17, 15) is 13.2 Å². The van der Waals surface area contributed by atoms with Crippen LogP contribution in [-0.4, -0.2) is 39.0 Å². The fourth-order valence-electron chi connectivity index (χ4n) is 2.90. The van der Waals surface area contributed by atoms with Crippen LogP contribution in [0.3, 0.4) is 0 Å². The molecule has 1 aliphatic heterocycles.